The highest BCUT2D eigenvalue weighted by molar-refractivity contribution is 9.10. The molecule has 0 heterocycles. The van der Waals surface area contributed by atoms with Crippen molar-refractivity contribution in [3.8, 4) is 11.5 Å². The Bertz CT molecular complexity index is 714. The minimum absolute atomic E-state index is 0.320. The van der Waals surface area contributed by atoms with Crippen LogP contribution < -0.4 is 4.74 Å². The zero-order valence-electron chi connectivity index (χ0n) is 10.5. The molecule has 0 amide bonds. The van der Waals surface area contributed by atoms with Crippen LogP contribution in [0.25, 0.3) is 6.08 Å². The first-order valence-corrected chi connectivity index (χ1v) is 7.38. The van der Waals surface area contributed by atoms with Crippen molar-refractivity contribution in [1.29, 1.82) is 0 Å². The van der Waals surface area contributed by atoms with E-state index in [9.17, 15) is 9.18 Å². The molecule has 0 radical (unpaired) electrons. The van der Waals surface area contributed by atoms with Gasteiger partial charge in [-0.05, 0) is 57.9 Å². The molecular weight excluding hydrogens is 407 g/mol. The molecule has 6 heteroatoms. The summed E-state index contributed by atoms with van der Waals surface area (Å²) >= 11 is 6.43. The molecule has 0 fully saturated rings. The maximum atomic E-state index is 13.1. The monoisotopic (exact) mass is 414 g/mol. The van der Waals surface area contributed by atoms with Crippen LogP contribution in [0.3, 0.4) is 0 Å². The number of halogens is 3. The summed E-state index contributed by atoms with van der Waals surface area (Å²) in [7, 11) is 0. The van der Waals surface area contributed by atoms with E-state index in [4.69, 9.17) is 9.84 Å². The summed E-state index contributed by atoms with van der Waals surface area (Å²) in [4.78, 5) is 10.5. The molecule has 0 aliphatic carbocycles. The summed E-state index contributed by atoms with van der Waals surface area (Å²) < 4.78 is 19.8. The number of hydrogen-bond acceptors (Lipinski definition) is 2. The summed E-state index contributed by atoms with van der Waals surface area (Å²) in [6.07, 6.45) is 2.53. The maximum Gasteiger partial charge on any atom is 0.328 e. The third-order valence-electron chi connectivity index (χ3n) is 2.50. The highest BCUT2D eigenvalue weighted by atomic mass is 79.9. The van der Waals surface area contributed by atoms with E-state index in [2.05, 4.69) is 31.9 Å². The average molecular weight is 416 g/mol. The predicted molar refractivity (Wildman–Crippen MR) is 85.0 cm³/mol. The van der Waals surface area contributed by atoms with E-state index in [0.717, 1.165) is 6.08 Å². The van der Waals surface area contributed by atoms with Crippen molar-refractivity contribution < 1.29 is 19.0 Å². The molecule has 0 saturated carbocycles. The summed E-state index contributed by atoms with van der Waals surface area (Å²) in [6, 6.07) is 9.48. The highest BCUT2D eigenvalue weighted by Gasteiger charge is 2.05. The molecular formula is C15H9Br2FO3. The molecule has 2 aromatic rings. The van der Waals surface area contributed by atoms with Crippen LogP contribution in [0.4, 0.5) is 4.39 Å². The Balaban J connectivity index is 2.20. The molecule has 0 saturated heterocycles. The van der Waals surface area contributed by atoms with E-state index < -0.39 is 5.97 Å². The van der Waals surface area contributed by atoms with Gasteiger partial charge in [-0.25, -0.2) is 9.18 Å². The second kappa shape index (κ2) is 6.87. The molecule has 2 rings (SSSR count). The second-order valence-electron chi connectivity index (χ2n) is 4.03. The van der Waals surface area contributed by atoms with Crippen LogP contribution in [-0.2, 0) is 4.79 Å². The first-order valence-electron chi connectivity index (χ1n) is 5.79. The molecule has 2 aromatic carbocycles. The number of benzene rings is 2. The quantitative estimate of drug-likeness (QED) is 0.694. The Morgan fingerprint density at radius 1 is 1.10 bits per heavy atom. The zero-order chi connectivity index (χ0) is 15.4. The molecule has 0 aromatic heterocycles. The second-order valence-corrected chi connectivity index (χ2v) is 5.74. The maximum absolute atomic E-state index is 13.1. The van der Waals surface area contributed by atoms with E-state index >= 15 is 0 Å². The minimum atomic E-state index is -1.02. The number of aliphatic carboxylic acids is 1. The number of carboxylic acids is 1. The standard InChI is InChI=1S/C15H9Br2FO3/c16-12-7-10(3-1-9(12)2-6-15(19)20)21-11-4-5-14(18)13(17)8-11/h1-8H,(H,19,20)/b6-2+. The highest BCUT2D eigenvalue weighted by Crippen LogP contribution is 2.29. The van der Waals surface area contributed by atoms with Crippen LogP contribution in [0.1, 0.15) is 5.56 Å². The van der Waals surface area contributed by atoms with Crippen LogP contribution >= 0.6 is 31.9 Å². The molecule has 0 bridgehead atoms. The number of carbonyl (C=O) groups is 1. The number of rotatable bonds is 4. The van der Waals surface area contributed by atoms with Gasteiger partial charge in [-0.1, -0.05) is 22.0 Å². The van der Waals surface area contributed by atoms with E-state index in [1.54, 1.807) is 18.2 Å². The third-order valence-corrected chi connectivity index (χ3v) is 3.80. The lowest BCUT2D eigenvalue weighted by atomic mass is 10.2. The zero-order valence-corrected chi connectivity index (χ0v) is 13.7. The molecule has 0 aliphatic heterocycles. The molecule has 0 atom stereocenters. The van der Waals surface area contributed by atoms with Crippen molar-refractivity contribution in [3.63, 3.8) is 0 Å². The SMILES string of the molecule is O=C(O)/C=C/c1ccc(Oc2ccc(F)c(Br)c2)cc1Br. The molecule has 0 aliphatic rings. The van der Waals surface area contributed by atoms with Crippen molar-refractivity contribution in [2.75, 3.05) is 0 Å². The van der Waals surface area contributed by atoms with Gasteiger partial charge in [0.05, 0.1) is 4.47 Å². The normalized spacial score (nSPS) is 10.8. The Kier molecular flexibility index (Phi) is 5.14. The van der Waals surface area contributed by atoms with Gasteiger partial charge in [0, 0.05) is 10.5 Å². The van der Waals surface area contributed by atoms with Gasteiger partial charge >= 0.3 is 5.97 Å². The van der Waals surface area contributed by atoms with Crippen molar-refractivity contribution in [2.45, 2.75) is 0 Å². The van der Waals surface area contributed by atoms with Crippen LogP contribution in [0, 0.1) is 5.82 Å². The molecule has 21 heavy (non-hydrogen) atoms. The lowest BCUT2D eigenvalue weighted by molar-refractivity contribution is -0.131. The Hall–Kier alpha value is -1.66. The fraction of sp³-hybridized carbons (Fsp3) is 0. The molecule has 1 N–H and O–H groups in total. The van der Waals surface area contributed by atoms with Gasteiger partial charge in [0.2, 0.25) is 0 Å². The van der Waals surface area contributed by atoms with Crippen molar-refractivity contribution in [3.05, 3.63) is 62.8 Å². The third kappa shape index (κ3) is 4.41. The predicted octanol–water partition coefficient (Wildman–Crippen LogP) is 5.24. The van der Waals surface area contributed by atoms with Gasteiger partial charge in [0.1, 0.15) is 17.3 Å². The van der Waals surface area contributed by atoms with Crippen molar-refractivity contribution in [2.24, 2.45) is 0 Å². The summed E-state index contributed by atoms with van der Waals surface area (Å²) in [5, 5.41) is 8.60. The fourth-order valence-electron chi connectivity index (χ4n) is 1.54. The van der Waals surface area contributed by atoms with E-state index in [1.165, 1.54) is 24.3 Å². The first kappa shape index (κ1) is 15.7. The van der Waals surface area contributed by atoms with Crippen LogP contribution in [-0.4, -0.2) is 11.1 Å². The minimum Gasteiger partial charge on any atom is -0.478 e. The number of ether oxygens (including phenoxy) is 1. The number of hydrogen-bond donors (Lipinski definition) is 1. The molecule has 0 spiro atoms. The van der Waals surface area contributed by atoms with Gasteiger partial charge in [-0.15, -0.1) is 0 Å². The molecule has 3 nitrogen and oxygen atoms in total. The van der Waals surface area contributed by atoms with Gasteiger partial charge < -0.3 is 9.84 Å². The van der Waals surface area contributed by atoms with Crippen molar-refractivity contribution in [1.82, 2.24) is 0 Å². The Morgan fingerprint density at radius 2 is 1.71 bits per heavy atom. The van der Waals surface area contributed by atoms with Crippen LogP contribution in [0.5, 0.6) is 11.5 Å². The topological polar surface area (TPSA) is 46.5 Å². The summed E-state index contributed by atoms with van der Waals surface area (Å²) in [6.45, 7) is 0. The lowest BCUT2D eigenvalue weighted by Gasteiger charge is -2.08. The van der Waals surface area contributed by atoms with Gasteiger partial charge in [0.25, 0.3) is 0 Å². The van der Waals surface area contributed by atoms with E-state index in [-0.39, 0.29) is 5.82 Å². The average Bonchev–Trinajstić information content (AvgIpc) is 2.42. The van der Waals surface area contributed by atoms with Gasteiger partial charge in [-0.3, -0.25) is 0 Å². The molecule has 108 valence electrons. The Morgan fingerprint density at radius 3 is 2.29 bits per heavy atom. The van der Waals surface area contributed by atoms with E-state index in [1.807, 2.05) is 0 Å². The van der Waals surface area contributed by atoms with Crippen LogP contribution in [0.15, 0.2) is 51.4 Å². The smallest absolute Gasteiger partial charge is 0.328 e. The number of carboxylic acid groups (broad SMARTS) is 1. The lowest BCUT2D eigenvalue weighted by Crippen LogP contribution is -1.88. The summed E-state index contributed by atoms with van der Waals surface area (Å²) in [5.74, 6) is -0.340. The van der Waals surface area contributed by atoms with Crippen LogP contribution in [0.2, 0.25) is 0 Å². The first-order chi connectivity index (χ1) is 9.95. The largest absolute Gasteiger partial charge is 0.478 e. The molecule has 0 unspecified atom stereocenters. The van der Waals surface area contributed by atoms with Gasteiger partial charge in [0.15, 0.2) is 0 Å². The van der Waals surface area contributed by atoms with Gasteiger partial charge in [-0.2, -0.15) is 0 Å². The van der Waals surface area contributed by atoms with E-state index in [0.29, 0.717) is 26.0 Å². The fourth-order valence-corrected chi connectivity index (χ4v) is 2.39. The Labute approximate surface area is 137 Å². The van der Waals surface area contributed by atoms with Crippen molar-refractivity contribution >= 4 is 43.9 Å². The summed E-state index contributed by atoms with van der Waals surface area (Å²) in [5.41, 5.74) is 0.713.